The minimum atomic E-state index is -0.242. The third-order valence-electron chi connectivity index (χ3n) is 4.42. The SMILES string of the molecule is CC[C@H](O)CC[C@H]1CCC(=O)N1CCSCCCc1nsc(=O)[nH]1. The van der Waals surface area contributed by atoms with Crippen LogP contribution in [0.15, 0.2) is 4.79 Å². The number of carbonyl (C=O) groups excluding carboxylic acids is 1. The fourth-order valence-corrected chi connectivity index (χ4v) is 4.34. The number of nitrogens with one attached hydrogen (secondary N) is 1. The molecule has 1 saturated heterocycles. The van der Waals surface area contributed by atoms with Gasteiger partial charge in [0.2, 0.25) is 5.91 Å². The maximum absolute atomic E-state index is 12.0. The van der Waals surface area contributed by atoms with Gasteiger partial charge in [-0.1, -0.05) is 6.92 Å². The second-order valence-electron chi connectivity index (χ2n) is 6.18. The first-order valence-corrected chi connectivity index (χ1v) is 10.6. The number of aromatic amines is 1. The van der Waals surface area contributed by atoms with Crippen LogP contribution in [0, 0.1) is 0 Å². The van der Waals surface area contributed by atoms with Crippen molar-refractivity contribution in [1.29, 1.82) is 0 Å². The van der Waals surface area contributed by atoms with Gasteiger partial charge in [0.15, 0.2) is 0 Å². The zero-order valence-electron chi connectivity index (χ0n) is 14.2. The lowest BCUT2D eigenvalue weighted by Crippen LogP contribution is -2.35. The molecular weight excluding hydrogens is 346 g/mol. The van der Waals surface area contributed by atoms with E-state index in [9.17, 15) is 14.7 Å². The summed E-state index contributed by atoms with van der Waals surface area (Å²) in [5, 5.41) is 9.71. The van der Waals surface area contributed by atoms with Crippen molar-refractivity contribution in [2.75, 3.05) is 18.1 Å². The average molecular weight is 374 g/mol. The predicted octanol–water partition coefficient (Wildman–Crippen LogP) is 2.04. The molecule has 2 atom stereocenters. The first-order chi connectivity index (χ1) is 11.6. The highest BCUT2D eigenvalue weighted by Gasteiger charge is 2.30. The topological polar surface area (TPSA) is 86.3 Å². The molecule has 0 aliphatic carbocycles. The second kappa shape index (κ2) is 10.2. The molecular formula is C16H27N3O3S2. The molecule has 2 heterocycles. The van der Waals surface area contributed by atoms with Gasteiger partial charge < -0.3 is 10.0 Å². The molecule has 0 aromatic carbocycles. The number of H-pyrrole nitrogens is 1. The maximum atomic E-state index is 12.0. The zero-order chi connectivity index (χ0) is 17.4. The first-order valence-electron chi connectivity index (χ1n) is 8.70. The minimum absolute atomic E-state index is 0.0931. The zero-order valence-corrected chi connectivity index (χ0v) is 15.8. The summed E-state index contributed by atoms with van der Waals surface area (Å²) in [6.45, 7) is 2.78. The van der Waals surface area contributed by atoms with Crippen LogP contribution < -0.4 is 4.87 Å². The molecule has 1 fully saturated rings. The van der Waals surface area contributed by atoms with E-state index >= 15 is 0 Å². The molecule has 8 heteroatoms. The van der Waals surface area contributed by atoms with Crippen molar-refractivity contribution in [3.63, 3.8) is 0 Å². The van der Waals surface area contributed by atoms with Gasteiger partial charge in [-0.3, -0.25) is 14.6 Å². The van der Waals surface area contributed by atoms with Crippen molar-refractivity contribution in [2.24, 2.45) is 0 Å². The molecule has 0 spiro atoms. The number of thioether (sulfide) groups is 1. The third kappa shape index (κ3) is 6.22. The highest BCUT2D eigenvalue weighted by Crippen LogP contribution is 2.24. The Bertz CT molecular complexity index is 561. The minimum Gasteiger partial charge on any atom is -0.393 e. The Morgan fingerprint density at radius 3 is 3.00 bits per heavy atom. The summed E-state index contributed by atoms with van der Waals surface area (Å²) in [6.07, 6.45) is 5.57. The molecule has 136 valence electrons. The van der Waals surface area contributed by atoms with Crippen molar-refractivity contribution >= 4 is 29.2 Å². The third-order valence-corrected chi connectivity index (χ3v) is 6.05. The fraction of sp³-hybridized carbons (Fsp3) is 0.812. The van der Waals surface area contributed by atoms with Crippen LogP contribution in [0.2, 0.25) is 0 Å². The van der Waals surface area contributed by atoms with E-state index in [0.29, 0.717) is 12.5 Å². The number of hydrogen-bond acceptors (Lipinski definition) is 6. The van der Waals surface area contributed by atoms with Gasteiger partial charge in [-0.25, -0.2) is 0 Å². The van der Waals surface area contributed by atoms with Gasteiger partial charge in [-0.05, 0) is 37.9 Å². The largest absolute Gasteiger partial charge is 0.393 e. The molecule has 1 aliphatic rings. The van der Waals surface area contributed by atoms with Crippen molar-refractivity contribution in [2.45, 2.75) is 64.0 Å². The van der Waals surface area contributed by atoms with E-state index in [-0.39, 0.29) is 16.9 Å². The number of likely N-dealkylation sites (tertiary alicyclic amines) is 1. The Kier molecular flexibility index (Phi) is 8.28. The quantitative estimate of drug-likeness (QED) is 0.580. The lowest BCUT2D eigenvalue weighted by atomic mass is 10.0. The second-order valence-corrected chi connectivity index (χ2v) is 8.14. The lowest BCUT2D eigenvalue weighted by Gasteiger charge is -2.25. The van der Waals surface area contributed by atoms with Crippen LogP contribution in [0.3, 0.4) is 0 Å². The van der Waals surface area contributed by atoms with E-state index in [4.69, 9.17) is 0 Å². The van der Waals surface area contributed by atoms with Gasteiger partial charge in [0.1, 0.15) is 5.82 Å². The van der Waals surface area contributed by atoms with E-state index in [1.165, 1.54) is 0 Å². The van der Waals surface area contributed by atoms with Gasteiger partial charge in [-0.15, -0.1) is 0 Å². The normalized spacial score (nSPS) is 19.2. The number of aliphatic hydroxyl groups excluding tert-OH is 1. The van der Waals surface area contributed by atoms with Crippen LogP contribution in [0.25, 0.3) is 0 Å². The van der Waals surface area contributed by atoms with E-state index in [1.807, 2.05) is 23.6 Å². The molecule has 0 radical (unpaired) electrons. The van der Waals surface area contributed by atoms with E-state index < -0.39 is 0 Å². The van der Waals surface area contributed by atoms with Crippen LogP contribution in [0.1, 0.15) is 51.3 Å². The van der Waals surface area contributed by atoms with E-state index in [2.05, 4.69) is 9.36 Å². The number of aromatic nitrogens is 2. The summed E-state index contributed by atoms with van der Waals surface area (Å²) >= 11 is 2.81. The molecule has 1 aromatic rings. The van der Waals surface area contributed by atoms with Crippen LogP contribution >= 0.6 is 23.3 Å². The number of aliphatic hydroxyl groups is 1. The van der Waals surface area contributed by atoms with Gasteiger partial charge in [-0.2, -0.15) is 16.1 Å². The van der Waals surface area contributed by atoms with Gasteiger partial charge in [0.05, 0.1) is 6.10 Å². The molecule has 1 aromatic heterocycles. The standard InChI is InChI=1S/C16H27N3O3S2/c1-2-13(20)7-5-12-6-8-15(21)19(12)9-11-23-10-3-4-14-17-16(22)24-18-14/h12-13,20H,2-11H2,1H3,(H,17,18,22)/t12-,13-/m0/s1. The average Bonchev–Trinajstić information content (AvgIpc) is 3.14. The Morgan fingerprint density at radius 2 is 2.29 bits per heavy atom. The van der Waals surface area contributed by atoms with E-state index in [1.54, 1.807) is 0 Å². The number of carbonyl (C=O) groups is 1. The molecule has 0 unspecified atom stereocenters. The Balaban J connectivity index is 1.60. The number of aryl methyl sites for hydroxylation is 1. The lowest BCUT2D eigenvalue weighted by molar-refractivity contribution is -0.128. The highest BCUT2D eigenvalue weighted by atomic mass is 32.2. The van der Waals surface area contributed by atoms with Gasteiger partial charge >= 0.3 is 4.87 Å². The van der Waals surface area contributed by atoms with Crippen molar-refractivity contribution in [3.8, 4) is 0 Å². The number of amides is 1. The molecule has 24 heavy (non-hydrogen) atoms. The molecule has 1 amide bonds. The summed E-state index contributed by atoms with van der Waals surface area (Å²) in [7, 11) is 0. The molecule has 2 rings (SSSR count). The molecule has 1 aliphatic heterocycles. The summed E-state index contributed by atoms with van der Waals surface area (Å²) in [6, 6.07) is 0.305. The Morgan fingerprint density at radius 1 is 1.46 bits per heavy atom. The van der Waals surface area contributed by atoms with Crippen molar-refractivity contribution < 1.29 is 9.90 Å². The predicted molar refractivity (Wildman–Crippen MR) is 98.6 cm³/mol. The monoisotopic (exact) mass is 373 g/mol. The van der Waals surface area contributed by atoms with Crippen molar-refractivity contribution in [1.82, 2.24) is 14.3 Å². The van der Waals surface area contributed by atoms with E-state index in [0.717, 1.165) is 73.9 Å². The molecule has 0 bridgehead atoms. The highest BCUT2D eigenvalue weighted by molar-refractivity contribution is 7.99. The summed E-state index contributed by atoms with van der Waals surface area (Å²) in [4.78, 5) is 27.6. The van der Waals surface area contributed by atoms with Gasteiger partial charge in [0.25, 0.3) is 0 Å². The summed E-state index contributed by atoms with van der Waals surface area (Å²) < 4.78 is 4.05. The van der Waals surface area contributed by atoms with Gasteiger partial charge in [0, 0.05) is 42.7 Å². The van der Waals surface area contributed by atoms with Crippen LogP contribution in [0.5, 0.6) is 0 Å². The Hall–Kier alpha value is -0.860. The Labute approximate surface area is 151 Å². The van der Waals surface area contributed by atoms with Crippen LogP contribution in [-0.4, -0.2) is 55.5 Å². The molecule has 0 saturated carbocycles. The number of hydrogen-bond donors (Lipinski definition) is 2. The maximum Gasteiger partial charge on any atom is 0.323 e. The first kappa shape index (κ1) is 19.5. The molecule has 6 nitrogen and oxygen atoms in total. The number of nitrogens with zero attached hydrogens (tertiary/aromatic N) is 2. The number of rotatable bonds is 11. The summed E-state index contributed by atoms with van der Waals surface area (Å²) in [5.41, 5.74) is 0. The molecule has 2 N–H and O–H groups in total. The fourth-order valence-electron chi connectivity index (χ4n) is 2.96. The van der Waals surface area contributed by atoms with Crippen molar-refractivity contribution in [3.05, 3.63) is 15.5 Å². The van der Waals surface area contributed by atoms with Crippen LogP contribution in [0.4, 0.5) is 0 Å². The van der Waals surface area contributed by atoms with Crippen LogP contribution in [-0.2, 0) is 11.2 Å². The smallest absolute Gasteiger partial charge is 0.323 e. The summed E-state index contributed by atoms with van der Waals surface area (Å²) in [5.74, 6) is 2.97.